The number of non-ortho nitro benzene ring substituents is 1. The minimum atomic E-state index is -0.549. The highest BCUT2D eigenvalue weighted by Gasteiger charge is 2.30. The van der Waals surface area contributed by atoms with E-state index in [0.717, 1.165) is 35.3 Å². The summed E-state index contributed by atoms with van der Waals surface area (Å²) >= 11 is 0. The van der Waals surface area contributed by atoms with Crippen LogP contribution in [-0.2, 0) is 22.4 Å². The van der Waals surface area contributed by atoms with Gasteiger partial charge in [-0.3, -0.25) is 10.1 Å². The second-order valence-electron chi connectivity index (χ2n) is 9.71. The monoisotopic (exact) mass is 453 g/mol. The highest BCUT2D eigenvalue weighted by Crippen LogP contribution is 2.37. The smallest absolute Gasteiger partial charge is 0.410 e. The predicted octanol–water partition coefficient (Wildman–Crippen LogP) is 4.78. The Morgan fingerprint density at radius 2 is 1.88 bits per heavy atom. The fraction of sp³-hybridized carbons (Fsp3) is 0.480. The fourth-order valence-electron chi connectivity index (χ4n) is 4.44. The van der Waals surface area contributed by atoms with Crippen LogP contribution < -0.4 is 4.90 Å². The van der Waals surface area contributed by atoms with Gasteiger partial charge < -0.3 is 19.3 Å². The number of amides is 1. The van der Waals surface area contributed by atoms with E-state index in [1.54, 1.807) is 17.0 Å². The van der Waals surface area contributed by atoms with Crippen molar-refractivity contribution in [1.29, 1.82) is 0 Å². The summed E-state index contributed by atoms with van der Waals surface area (Å²) in [6, 6.07) is 11.1. The Labute approximate surface area is 194 Å². The van der Waals surface area contributed by atoms with E-state index in [4.69, 9.17) is 9.47 Å². The molecule has 2 heterocycles. The van der Waals surface area contributed by atoms with Gasteiger partial charge in [0.1, 0.15) is 5.60 Å². The van der Waals surface area contributed by atoms with Crippen LogP contribution in [0.2, 0.25) is 0 Å². The SMILES string of the molecule is C[C@H]1COCCN1c1cc(-c2ccc([N+](=O)[O-])cc2)cc2c1CCN(C(=O)OC(C)(C)C)C2. The summed E-state index contributed by atoms with van der Waals surface area (Å²) in [5.41, 5.74) is 4.87. The first-order chi connectivity index (χ1) is 15.6. The third kappa shape index (κ3) is 5.11. The number of rotatable bonds is 3. The zero-order valence-corrected chi connectivity index (χ0v) is 19.7. The number of hydrogen-bond donors (Lipinski definition) is 0. The van der Waals surface area contributed by atoms with Crippen molar-refractivity contribution < 1.29 is 19.2 Å². The summed E-state index contributed by atoms with van der Waals surface area (Å²) < 4.78 is 11.3. The summed E-state index contributed by atoms with van der Waals surface area (Å²) in [5, 5.41) is 11.1. The van der Waals surface area contributed by atoms with Gasteiger partial charge >= 0.3 is 6.09 Å². The molecule has 0 saturated carbocycles. The summed E-state index contributed by atoms with van der Waals surface area (Å²) in [4.78, 5) is 27.5. The van der Waals surface area contributed by atoms with E-state index in [1.165, 1.54) is 17.7 Å². The number of fused-ring (bicyclic) bond motifs is 1. The quantitative estimate of drug-likeness (QED) is 0.491. The molecule has 8 nitrogen and oxygen atoms in total. The molecule has 0 radical (unpaired) electrons. The second kappa shape index (κ2) is 9.02. The molecule has 2 aromatic rings. The number of nitro groups is 1. The molecule has 2 aromatic carbocycles. The van der Waals surface area contributed by atoms with Crippen molar-refractivity contribution in [3.05, 3.63) is 57.6 Å². The van der Waals surface area contributed by atoms with Crippen LogP contribution in [0, 0.1) is 10.1 Å². The third-order valence-electron chi connectivity index (χ3n) is 6.05. The lowest BCUT2D eigenvalue weighted by molar-refractivity contribution is -0.384. The summed E-state index contributed by atoms with van der Waals surface area (Å²) in [7, 11) is 0. The maximum Gasteiger partial charge on any atom is 0.410 e. The molecule has 0 bridgehead atoms. The van der Waals surface area contributed by atoms with Gasteiger partial charge in [0.2, 0.25) is 0 Å². The third-order valence-corrected chi connectivity index (χ3v) is 6.05. The molecule has 1 saturated heterocycles. The van der Waals surface area contributed by atoms with Gasteiger partial charge in [-0.2, -0.15) is 0 Å². The van der Waals surface area contributed by atoms with Crippen molar-refractivity contribution in [1.82, 2.24) is 4.90 Å². The fourth-order valence-corrected chi connectivity index (χ4v) is 4.44. The maximum atomic E-state index is 12.7. The van der Waals surface area contributed by atoms with Gasteiger partial charge in [0.05, 0.1) is 18.1 Å². The molecule has 0 unspecified atom stereocenters. The van der Waals surface area contributed by atoms with Gasteiger partial charge in [-0.05, 0) is 80.6 Å². The molecule has 1 amide bonds. The lowest BCUT2D eigenvalue weighted by atomic mass is 9.91. The molecule has 2 aliphatic rings. The number of ether oxygens (including phenoxy) is 2. The molecule has 2 aliphatic heterocycles. The molecular formula is C25H31N3O5. The average molecular weight is 454 g/mol. The number of carbonyl (C=O) groups is 1. The van der Waals surface area contributed by atoms with Crippen LogP contribution in [0.3, 0.4) is 0 Å². The standard InChI is InChI=1S/C25H31N3O5/c1-17-16-32-12-11-27(17)23-14-19(18-5-7-21(8-6-18)28(30)31)13-20-15-26(10-9-22(20)23)24(29)33-25(2,3)4/h5-8,13-14,17H,9-12,15-16H2,1-4H3/t17-/m0/s1. The van der Waals surface area contributed by atoms with Gasteiger partial charge in [-0.1, -0.05) is 0 Å². The molecule has 4 rings (SSSR count). The van der Waals surface area contributed by atoms with E-state index in [-0.39, 0.29) is 17.8 Å². The van der Waals surface area contributed by atoms with Crippen LogP contribution in [0.1, 0.15) is 38.8 Å². The van der Waals surface area contributed by atoms with Crippen LogP contribution >= 0.6 is 0 Å². The number of morpholine rings is 1. The van der Waals surface area contributed by atoms with Crippen LogP contribution in [0.25, 0.3) is 11.1 Å². The first-order valence-corrected chi connectivity index (χ1v) is 11.4. The molecule has 176 valence electrons. The Bertz CT molecular complexity index is 1050. The summed E-state index contributed by atoms with van der Waals surface area (Å²) in [5.74, 6) is 0. The number of carbonyl (C=O) groups excluding carboxylic acids is 1. The van der Waals surface area contributed by atoms with E-state index >= 15 is 0 Å². The Hall–Kier alpha value is -3.13. The number of nitro benzene ring substituents is 1. The predicted molar refractivity (Wildman–Crippen MR) is 127 cm³/mol. The van der Waals surface area contributed by atoms with E-state index in [1.807, 2.05) is 20.8 Å². The molecular weight excluding hydrogens is 422 g/mol. The van der Waals surface area contributed by atoms with Gasteiger partial charge in [0.15, 0.2) is 0 Å². The molecule has 1 atom stereocenters. The van der Waals surface area contributed by atoms with E-state index in [2.05, 4.69) is 24.0 Å². The van der Waals surface area contributed by atoms with Crippen LogP contribution in [0.15, 0.2) is 36.4 Å². The highest BCUT2D eigenvalue weighted by atomic mass is 16.6. The van der Waals surface area contributed by atoms with Crippen molar-refractivity contribution >= 4 is 17.5 Å². The number of anilines is 1. The molecule has 8 heteroatoms. The van der Waals surface area contributed by atoms with Crippen molar-refractivity contribution in [2.24, 2.45) is 0 Å². The minimum Gasteiger partial charge on any atom is -0.444 e. The van der Waals surface area contributed by atoms with Gasteiger partial charge in [0.25, 0.3) is 5.69 Å². The Morgan fingerprint density at radius 1 is 1.15 bits per heavy atom. The molecule has 0 spiro atoms. The zero-order valence-electron chi connectivity index (χ0n) is 19.7. The largest absolute Gasteiger partial charge is 0.444 e. The van der Waals surface area contributed by atoms with Crippen LogP contribution in [-0.4, -0.2) is 53.9 Å². The van der Waals surface area contributed by atoms with Crippen LogP contribution in [0.5, 0.6) is 0 Å². The lowest BCUT2D eigenvalue weighted by Gasteiger charge is -2.39. The molecule has 0 aliphatic carbocycles. The zero-order chi connectivity index (χ0) is 23.8. The van der Waals surface area contributed by atoms with Crippen LogP contribution in [0.4, 0.5) is 16.2 Å². The molecule has 0 aromatic heterocycles. The molecule has 1 fully saturated rings. The summed E-state index contributed by atoms with van der Waals surface area (Å²) in [6.45, 7) is 11.0. The van der Waals surface area contributed by atoms with Crippen molar-refractivity contribution in [3.63, 3.8) is 0 Å². The molecule has 0 N–H and O–H groups in total. The Balaban J connectivity index is 1.73. The Kier molecular flexibility index (Phi) is 6.30. The number of hydrogen-bond acceptors (Lipinski definition) is 6. The topological polar surface area (TPSA) is 85.2 Å². The second-order valence-corrected chi connectivity index (χ2v) is 9.71. The minimum absolute atomic E-state index is 0.0647. The Morgan fingerprint density at radius 3 is 2.52 bits per heavy atom. The van der Waals surface area contributed by atoms with Crippen molar-refractivity contribution in [2.45, 2.75) is 52.3 Å². The molecule has 33 heavy (non-hydrogen) atoms. The first kappa shape index (κ1) is 23.0. The lowest BCUT2D eigenvalue weighted by Crippen LogP contribution is -2.45. The van der Waals surface area contributed by atoms with E-state index < -0.39 is 10.5 Å². The first-order valence-electron chi connectivity index (χ1n) is 11.4. The summed E-state index contributed by atoms with van der Waals surface area (Å²) in [6.07, 6.45) is 0.435. The van der Waals surface area contributed by atoms with Crippen molar-refractivity contribution in [2.75, 3.05) is 31.2 Å². The maximum absolute atomic E-state index is 12.7. The van der Waals surface area contributed by atoms with Gasteiger partial charge in [-0.15, -0.1) is 0 Å². The number of nitrogens with zero attached hydrogens (tertiary/aromatic N) is 3. The highest BCUT2D eigenvalue weighted by molar-refractivity contribution is 5.75. The van der Waals surface area contributed by atoms with Crippen molar-refractivity contribution in [3.8, 4) is 11.1 Å². The van der Waals surface area contributed by atoms with Gasteiger partial charge in [-0.25, -0.2) is 4.79 Å². The average Bonchev–Trinajstić information content (AvgIpc) is 2.77. The van der Waals surface area contributed by atoms with E-state index in [0.29, 0.717) is 26.3 Å². The van der Waals surface area contributed by atoms with Gasteiger partial charge in [0, 0.05) is 43.5 Å². The number of benzene rings is 2. The normalized spacial score (nSPS) is 18.6. The van der Waals surface area contributed by atoms with E-state index in [9.17, 15) is 14.9 Å².